The van der Waals surface area contributed by atoms with Gasteiger partial charge < -0.3 is 0 Å². The molecule has 3 unspecified atom stereocenters. The van der Waals surface area contributed by atoms with E-state index >= 15 is 0 Å². The number of amides is 1. The van der Waals surface area contributed by atoms with Gasteiger partial charge >= 0.3 is 0 Å². The number of hydrogen-bond acceptors (Lipinski definition) is 4. The Bertz CT molecular complexity index is 1010. The third-order valence-corrected chi connectivity index (χ3v) is 5.50. The van der Waals surface area contributed by atoms with Gasteiger partial charge in [0.25, 0.3) is 0 Å². The Kier molecular flexibility index (Phi) is 3.72. The van der Waals surface area contributed by atoms with E-state index in [1.165, 1.54) is 0 Å². The molecular formula is C19H15ClFN5O. The number of nitrogens with one attached hydrogen (secondary N) is 1. The summed E-state index contributed by atoms with van der Waals surface area (Å²) in [5, 5.41) is 0.428. The fraction of sp³-hybridized carbons (Fsp3) is 0.263. The number of aromatic nitrogens is 4. The molecule has 2 aliphatic rings. The van der Waals surface area contributed by atoms with Crippen molar-refractivity contribution in [3.63, 3.8) is 0 Å². The maximum atomic E-state index is 14.4. The van der Waals surface area contributed by atoms with E-state index in [9.17, 15) is 9.18 Å². The number of nitrogens with zero attached hydrogens (tertiary/aromatic N) is 4. The lowest BCUT2D eigenvalue weighted by Gasteiger charge is -2.18. The summed E-state index contributed by atoms with van der Waals surface area (Å²) >= 11 is 5.83. The van der Waals surface area contributed by atoms with Crippen molar-refractivity contribution in [2.24, 2.45) is 11.8 Å². The number of imidazole rings is 1. The molecule has 3 aromatic heterocycles. The van der Waals surface area contributed by atoms with Gasteiger partial charge in [-0.3, -0.25) is 19.7 Å². The van der Waals surface area contributed by atoms with Crippen molar-refractivity contribution >= 4 is 23.5 Å². The molecule has 1 aliphatic heterocycles. The van der Waals surface area contributed by atoms with Gasteiger partial charge in [-0.15, -0.1) is 0 Å². The maximum absolute atomic E-state index is 14.4. The number of fused-ring (bicyclic) bond motifs is 1. The zero-order valence-electron chi connectivity index (χ0n) is 14.1. The molecule has 2 fully saturated rings. The molecule has 3 atom stereocenters. The fourth-order valence-electron chi connectivity index (χ4n) is 3.89. The van der Waals surface area contributed by atoms with E-state index in [-0.39, 0.29) is 35.4 Å². The highest BCUT2D eigenvalue weighted by atomic mass is 35.5. The lowest BCUT2D eigenvalue weighted by atomic mass is 9.96. The standard InChI is InChI=1S/C19H15ClFN5O/c20-15-2-1-10(9-23-15)7-13-12-8-14(12)26(18(13)27)19-24-16(17(21)25-19)11-3-5-22-6-4-11/h1-6,9,12-14H,7-8H2,(H,24,25). The molecule has 1 amide bonds. The van der Waals surface area contributed by atoms with Gasteiger partial charge in [-0.05, 0) is 42.5 Å². The average Bonchev–Trinajstić information content (AvgIpc) is 3.28. The summed E-state index contributed by atoms with van der Waals surface area (Å²) in [7, 11) is 0. The topological polar surface area (TPSA) is 74.8 Å². The average molecular weight is 384 g/mol. The molecule has 6 nitrogen and oxygen atoms in total. The molecular weight excluding hydrogens is 369 g/mol. The Morgan fingerprint density at radius 1 is 1.26 bits per heavy atom. The Morgan fingerprint density at radius 3 is 2.81 bits per heavy atom. The van der Waals surface area contributed by atoms with Crippen molar-refractivity contribution in [2.75, 3.05) is 4.90 Å². The van der Waals surface area contributed by atoms with Gasteiger partial charge in [0.05, 0.1) is 0 Å². The number of pyridine rings is 2. The minimum Gasteiger partial charge on any atom is -0.300 e. The Balaban J connectivity index is 1.41. The SMILES string of the molecule is O=C1C(Cc2ccc(Cl)nc2)C2CC2N1c1nc(-c2ccncc2)c(F)[nH]1. The number of H-pyrrole nitrogens is 1. The first-order valence-electron chi connectivity index (χ1n) is 8.71. The van der Waals surface area contributed by atoms with Crippen molar-refractivity contribution in [1.82, 2.24) is 19.9 Å². The molecule has 5 rings (SSSR count). The summed E-state index contributed by atoms with van der Waals surface area (Å²) in [6.45, 7) is 0. The Morgan fingerprint density at radius 2 is 2.07 bits per heavy atom. The van der Waals surface area contributed by atoms with E-state index in [1.807, 2.05) is 6.07 Å². The second-order valence-corrected chi connectivity index (χ2v) is 7.32. The molecule has 8 heteroatoms. The lowest BCUT2D eigenvalue weighted by molar-refractivity contribution is -0.121. The highest BCUT2D eigenvalue weighted by molar-refractivity contribution is 6.29. The maximum Gasteiger partial charge on any atom is 0.233 e. The molecule has 3 aromatic rings. The number of piperidine rings is 1. The van der Waals surface area contributed by atoms with Crippen LogP contribution in [-0.2, 0) is 11.2 Å². The quantitative estimate of drug-likeness (QED) is 0.702. The second-order valence-electron chi connectivity index (χ2n) is 6.93. The van der Waals surface area contributed by atoms with Gasteiger partial charge in [0, 0.05) is 36.1 Å². The fourth-order valence-corrected chi connectivity index (χ4v) is 4.00. The molecule has 0 bridgehead atoms. The van der Waals surface area contributed by atoms with Crippen LogP contribution in [0.25, 0.3) is 11.3 Å². The monoisotopic (exact) mass is 383 g/mol. The van der Waals surface area contributed by atoms with E-state index < -0.39 is 5.95 Å². The first-order chi connectivity index (χ1) is 13.1. The zero-order chi connectivity index (χ0) is 18.5. The van der Waals surface area contributed by atoms with Gasteiger partial charge in [-0.25, -0.2) is 9.97 Å². The van der Waals surface area contributed by atoms with E-state index in [1.54, 1.807) is 41.7 Å². The minimum atomic E-state index is -0.549. The number of rotatable bonds is 4. The molecule has 1 saturated heterocycles. The van der Waals surface area contributed by atoms with Crippen LogP contribution in [0.3, 0.4) is 0 Å². The van der Waals surface area contributed by atoms with Crippen LogP contribution in [0.1, 0.15) is 12.0 Å². The summed E-state index contributed by atoms with van der Waals surface area (Å²) in [6.07, 6.45) is 6.36. The number of anilines is 1. The third-order valence-electron chi connectivity index (χ3n) is 5.28. The predicted molar refractivity (Wildman–Crippen MR) is 97.6 cm³/mol. The number of aromatic amines is 1. The smallest absolute Gasteiger partial charge is 0.233 e. The van der Waals surface area contributed by atoms with Crippen LogP contribution in [0.2, 0.25) is 5.15 Å². The van der Waals surface area contributed by atoms with Crippen molar-refractivity contribution in [2.45, 2.75) is 18.9 Å². The van der Waals surface area contributed by atoms with Gasteiger partial charge in [0.1, 0.15) is 10.8 Å². The molecule has 1 N–H and O–H groups in total. The Labute approximate surface area is 159 Å². The number of carbonyl (C=O) groups excluding carboxylic acids is 1. The summed E-state index contributed by atoms with van der Waals surface area (Å²) in [4.78, 5) is 29.6. The van der Waals surface area contributed by atoms with Crippen LogP contribution in [0.5, 0.6) is 0 Å². The predicted octanol–water partition coefficient (Wildman–Crippen LogP) is 3.25. The second kappa shape index (κ2) is 6.13. The van der Waals surface area contributed by atoms with Gasteiger partial charge in [-0.2, -0.15) is 4.39 Å². The first-order valence-corrected chi connectivity index (χ1v) is 9.09. The van der Waals surface area contributed by atoms with E-state index in [0.717, 1.165) is 12.0 Å². The van der Waals surface area contributed by atoms with Crippen molar-refractivity contribution in [3.05, 3.63) is 59.5 Å². The Hall–Kier alpha value is -2.80. The minimum absolute atomic E-state index is 0.0266. The molecule has 0 radical (unpaired) electrons. The molecule has 136 valence electrons. The van der Waals surface area contributed by atoms with Crippen LogP contribution in [-0.4, -0.2) is 31.9 Å². The number of carbonyl (C=O) groups is 1. The van der Waals surface area contributed by atoms with Crippen LogP contribution < -0.4 is 4.90 Å². The highest BCUT2D eigenvalue weighted by Crippen LogP contribution is 2.51. The molecule has 27 heavy (non-hydrogen) atoms. The van der Waals surface area contributed by atoms with E-state index in [0.29, 0.717) is 17.1 Å². The van der Waals surface area contributed by atoms with E-state index in [2.05, 4.69) is 19.9 Å². The van der Waals surface area contributed by atoms with Gasteiger partial charge in [0.2, 0.25) is 17.8 Å². The molecule has 1 saturated carbocycles. The summed E-state index contributed by atoms with van der Waals surface area (Å²) in [5.74, 6) is -0.178. The molecule has 4 heterocycles. The number of hydrogen-bond donors (Lipinski definition) is 1. The normalized spacial score (nSPS) is 23.6. The summed E-state index contributed by atoms with van der Waals surface area (Å²) in [5.41, 5.74) is 1.78. The van der Waals surface area contributed by atoms with E-state index in [4.69, 9.17) is 11.6 Å². The van der Waals surface area contributed by atoms with Crippen molar-refractivity contribution in [3.8, 4) is 11.3 Å². The van der Waals surface area contributed by atoms with Gasteiger partial charge in [-0.1, -0.05) is 17.7 Å². The van der Waals surface area contributed by atoms with Crippen molar-refractivity contribution in [1.29, 1.82) is 0 Å². The zero-order valence-corrected chi connectivity index (χ0v) is 14.9. The summed E-state index contributed by atoms with van der Waals surface area (Å²) < 4.78 is 14.4. The molecule has 0 spiro atoms. The summed E-state index contributed by atoms with van der Waals surface area (Å²) in [6, 6.07) is 7.06. The molecule has 1 aliphatic carbocycles. The van der Waals surface area contributed by atoms with Crippen LogP contribution in [0.4, 0.5) is 10.3 Å². The van der Waals surface area contributed by atoms with Crippen LogP contribution in [0.15, 0.2) is 42.9 Å². The third kappa shape index (κ3) is 2.78. The molecule has 0 aromatic carbocycles. The first kappa shape index (κ1) is 16.4. The number of halogens is 2. The van der Waals surface area contributed by atoms with Crippen LogP contribution >= 0.6 is 11.6 Å². The lowest BCUT2D eigenvalue weighted by Crippen LogP contribution is -2.33. The highest BCUT2D eigenvalue weighted by Gasteiger charge is 2.59. The largest absolute Gasteiger partial charge is 0.300 e. The van der Waals surface area contributed by atoms with Gasteiger partial charge in [0.15, 0.2) is 0 Å². The van der Waals surface area contributed by atoms with Crippen LogP contribution in [0, 0.1) is 17.8 Å². The van der Waals surface area contributed by atoms with Crippen molar-refractivity contribution < 1.29 is 9.18 Å².